The summed E-state index contributed by atoms with van der Waals surface area (Å²) >= 11 is 0. The van der Waals surface area contributed by atoms with Crippen molar-refractivity contribution in [2.45, 2.75) is 64.7 Å². The maximum Gasteiger partial charge on any atom is 0.0701 e. The van der Waals surface area contributed by atoms with Crippen LogP contribution in [0.2, 0.25) is 0 Å². The van der Waals surface area contributed by atoms with Crippen LogP contribution in [-0.2, 0) is 41.3 Å². The first kappa shape index (κ1) is 33.0. The van der Waals surface area contributed by atoms with Crippen LogP contribution in [0.5, 0.6) is 0 Å². The fourth-order valence-corrected chi connectivity index (χ4v) is 3.77. The number of ether oxygens (including phenoxy) is 6. The molecule has 1 aromatic carbocycles. The summed E-state index contributed by atoms with van der Waals surface area (Å²) < 4.78 is 32.7. The van der Waals surface area contributed by atoms with Crippen molar-refractivity contribution in [3.8, 4) is 0 Å². The van der Waals surface area contributed by atoms with Crippen LogP contribution in [0.1, 0.15) is 63.0 Å². The average Bonchev–Trinajstić information content (AvgIpc) is 2.90. The summed E-state index contributed by atoms with van der Waals surface area (Å²) in [6.07, 6.45) is 11.6. The van der Waals surface area contributed by atoms with Crippen molar-refractivity contribution in [2.75, 3.05) is 85.9 Å². The zero-order valence-corrected chi connectivity index (χ0v) is 22.8. The van der Waals surface area contributed by atoms with E-state index in [1.54, 1.807) is 0 Å². The fourth-order valence-electron chi connectivity index (χ4n) is 3.77. The van der Waals surface area contributed by atoms with Gasteiger partial charge < -0.3 is 33.5 Å². The molecule has 0 unspecified atom stereocenters. The predicted molar refractivity (Wildman–Crippen MR) is 144 cm³/mol. The van der Waals surface area contributed by atoms with Gasteiger partial charge in [0, 0.05) is 0 Å². The minimum Gasteiger partial charge on any atom is -0.394 e. The molecule has 0 radical (unpaired) electrons. The van der Waals surface area contributed by atoms with E-state index in [2.05, 4.69) is 31.2 Å². The van der Waals surface area contributed by atoms with Crippen molar-refractivity contribution in [1.82, 2.24) is 0 Å². The molecule has 36 heavy (non-hydrogen) atoms. The number of aliphatic hydroxyl groups is 1. The highest BCUT2D eigenvalue weighted by Crippen LogP contribution is 2.15. The van der Waals surface area contributed by atoms with E-state index in [0.29, 0.717) is 72.7 Å². The molecule has 0 amide bonds. The number of aryl methyl sites for hydroxylation is 1. The molecule has 7 heteroatoms. The molecule has 7 nitrogen and oxygen atoms in total. The molecular formula is C29H52O7. The van der Waals surface area contributed by atoms with Gasteiger partial charge in [-0.2, -0.15) is 0 Å². The number of hydrogen-bond acceptors (Lipinski definition) is 7. The first-order valence-electron chi connectivity index (χ1n) is 14.0. The van der Waals surface area contributed by atoms with Crippen LogP contribution in [-0.4, -0.2) is 91.0 Å². The zero-order chi connectivity index (χ0) is 25.8. The molecule has 0 saturated heterocycles. The Kier molecular flexibility index (Phi) is 24.7. The van der Waals surface area contributed by atoms with Crippen LogP contribution in [0.25, 0.3) is 0 Å². The number of hydrogen-bond donors (Lipinski definition) is 1. The summed E-state index contributed by atoms with van der Waals surface area (Å²) in [5.41, 5.74) is 2.89. The van der Waals surface area contributed by atoms with E-state index >= 15 is 0 Å². The third kappa shape index (κ3) is 21.1. The summed E-state index contributed by atoms with van der Waals surface area (Å²) in [5.74, 6) is 0. The Bertz CT molecular complexity index is 570. The molecule has 0 bridgehead atoms. The van der Waals surface area contributed by atoms with E-state index in [1.807, 2.05) is 0 Å². The van der Waals surface area contributed by atoms with Gasteiger partial charge >= 0.3 is 0 Å². The van der Waals surface area contributed by atoms with Gasteiger partial charge in [-0.25, -0.2) is 0 Å². The molecule has 0 aliphatic rings. The molecule has 1 N–H and O–H groups in total. The van der Waals surface area contributed by atoms with Crippen molar-refractivity contribution in [1.29, 1.82) is 0 Å². The number of rotatable bonds is 28. The largest absolute Gasteiger partial charge is 0.394 e. The lowest BCUT2D eigenvalue weighted by Gasteiger charge is -2.11. The monoisotopic (exact) mass is 512 g/mol. The van der Waals surface area contributed by atoms with Crippen molar-refractivity contribution < 1.29 is 33.5 Å². The summed E-state index contributed by atoms with van der Waals surface area (Å²) in [7, 11) is 0. The van der Waals surface area contributed by atoms with Crippen LogP contribution in [0.3, 0.4) is 0 Å². The van der Waals surface area contributed by atoms with Crippen LogP contribution in [0.15, 0.2) is 24.3 Å². The third-order valence-electron chi connectivity index (χ3n) is 5.78. The van der Waals surface area contributed by atoms with Crippen LogP contribution < -0.4 is 0 Å². The Morgan fingerprint density at radius 1 is 0.472 bits per heavy atom. The van der Waals surface area contributed by atoms with Gasteiger partial charge in [-0.15, -0.1) is 0 Å². The predicted octanol–water partition coefficient (Wildman–Crippen LogP) is 4.61. The highest BCUT2D eigenvalue weighted by Gasteiger charge is 2.02. The molecule has 0 fully saturated rings. The van der Waals surface area contributed by atoms with Crippen molar-refractivity contribution >= 4 is 0 Å². The molecule has 210 valence electrons. The van der Waals surface area contributed by atoms with E-state index in [4.69, 9.17) is 33.5 Å². The van der Waals surface area contributed by atoms with Crippen LogP contribution in [0, 0.1) is 0 Å². The molecule has 1 rings (SSSR count). The third-order valence-corrected chi connectivity index (χ3v) is 5.78. The second-order valence-electron chi connectivity index (χ2n) is 8.79. The van der Waals surface area contributed by atoms with E-state index < -0.39 is 0 Å². The smallest absolute Gasteiger partial charge is 0.0701 e. The van der Waals surface area contributed by atoms with Gasteiger partial charge in [0.2, 0.25) is 0 Å². The minimum atomic E-state index is 0.0385. The summed E-state index contributed by atoms with van der Waals surface area (Å²) in [5, 5.41) is 8.58. The SMILES string of the molecule is CCCCCCCCCc1ccccc1CCOCCOCCOCCOCCOCCOCCO. The van der Waals surface area contributed by atoms with Gasteiger partial charge in [-0.3, -0.25) is 0 Å². The fraction of sp³-hybridized carbons (Fsp3) is 0.793. The normalized spacial score (nSPS) is 11.4. The Hall–Kier alpha value is -1.06. The quantitative estimate of drug-likeness (QED) is 0.164. The first-order valence-corrected chi connectivity index (χ1v) is 14.0. The molecular weight excluding hydrogens is 460 g/mol. The summed E-state index contributed by atoms with van der Waals surface area (Å²) in [4.78, 5) is 0. The van der Waals surface area contributed by atoms with E-state index in [9.17, 15) is 0 Å². The second-order valence-corrected chi connectivity index (χ2v) is 8.79. The summed E-state index contributed by atoms with van der Waals surface area (Å²) in [6, 6.07) is 8.79. The van der Waals surface area contributed by atoms with Gasteiger partial charge in [0.05, 0.1) is 85.9 Å². The lowest BCUT2D eigenvalue weighted by molar-refractivity contribution is -0.0180. The highest BCUT2D eigenvalue weighted by atomic mass is 16.6. The maximum atomic E-state index is 8.58. The number of unbranched alkanes of at least 4 members (excludes halogenated alkanes) is 6. The zero-order valence-electron chi connectivity index (χ0n) is 22.8. The molecule has 0 spiro atoms. The number of aliphatic hydroxyl groups excluding tert-OH is 1. The summed E-state index contributed by atoms with van der Waals surface area (Å²) in [6.45, 7) is 8.80. The second kappa shape index (κ2) is 27.0. The standard InChI is InChI=1S/C29H52O7/c1-2-3-4-5-6-7-8-11-28-12-9-10-13-29(28)14-16-31-18-20-33-22-24-35-26-27-36-25-23-34-21-19-32-17-15-30/h9-10,12-13,30H,2-8,11,14-27H2,1H3. The highest BCUT2D eigenvalue weighted by molar-refractivity contribution is 5.27. The van der Waals surface area contributed by atoms with Crippen LogP contribution >= 0.6 is 0 Å². The molecule has 0 aliphatic carbocycles. The molecule has 0 atom stereocenters. The van der Waals surface area contributed by atoms with Gasteiger partial charge in [-0.1, -0.05) is 69.7 Å². The molecule has 0 aromatic heterocycles. The van der Waals surface area contributed by atoms with Gasteiger partial charge in [0.1, 0.15) is 0 Å². The van der Waals surface area contributed by atoms with Crippen molar-refractivity contribution in [3.63, 3.8) is 0 Å². The van der Waals surface area contributed by atoms with Crippen molar-refractivity contribution in [2.24, 2.45) is 0 Å². The van der Waals surface area contributed by atoms with E-state index in [0.717, 1.165) is 13.0 Å². The lowest BCUT2D eigenvalue weighted by Crippen LogP contribution is -2.14. The topological polar surface area (TPSA) is 75.6 Å². The number of benzene rings is 1. The van der Waals surface area contributed by atoms with E-state index in [1.165, 1.54) is 62.5 Å². The lowest BCUT2D eigenvalue weighted by atomic mass is 9.99. The molecule has 0 aliphatic heterocycles. The average molecular weight is 513 g/mol. The van der Waals surface area contributed by atoms with Crippen molar-refractivity contribution in [3.05, 3.63) is 35.4 Å². The van der Waals surface area contributed by atoms with E-state index in [-0.39, 0.29) is 6.61 Å². The Labute approximate surface area is 219 Å². The minimum absolute atomic E-state index is 0.0385. The van der Waals surface area contributed by atoms with Gasteiger partial charge in [0.25, 0.3) is 0 Å². The molecule has 1 aromatic rings. The molecule has 0 saturated carbocycles. The van der Waals surface area contributed by atoms with Gasteiger partial charge in [-0.05, 0) is 30.4 Å². The van der Waals surface area contributed by atoms with Gasteiger partial charge in [0.15, 0.2) is 0 Å². The first-order chi connectivity index (χ1) is 17.9. The maximum absolute atomic E-state index is 8.58. The Balaban J connectivity index is 1.87. The van der Waals surface area contributed by atoms with Crippen LogP contribution in [0.4, 0.5) is 0 Å². The Morgan fingerprint density at radius 3 is 1.33 bits per heavy atom. The Morgan fingerprint density at radius 2 is 0.861 bits per heavy atom. The molecule has 0 heterocycles.